The maximum absolute atomic E-state index is 4.55. The summed E-state index contributed by atoms with van der Waals surface area (Å²) >= 11 is 2.43. The third kappa shape index (κ3) is 1.53. The normalized spacial score (nSPS) is 10.8. The Kier molecular flexibility index (Phi) is 2.45. The Morgan fingerprint density at radius 3 is 3.00 bits per heavy atom. The molecule has 1 aromatic heterocycles. The van der Waals surface area contributed by atoms with Crippen LogP contribution < -0.4 is 3.91 Å². The van der Waals surface area contributed by atoms with Crippen molar-refractivity contribution in [2.75, 3.05) is 0 Å². The van der Waals surface area contributed by atoms with Crippen LogP contribution in [0.4, 0.5) is 0 Å². The molecule has 12 heavy (non-hydrogen) atoms. The second-order valence-electron chi connectivity index (χ2n) is 2.38. The first-order chi connectivity index (χ1) is 5.90. The number of aromatic nitrogens is 1. The van der Waals surface area contributed by atoms with E-state index in [1.54, 1.807) is 0 Å². The van der Waals surface area contributed by atoms with E-state index in [0.29, 0.717) is 15.0 Å². The van der Waals surface area contributed by atoms with Crippen LogP contribution in [0.3, 0.4) is 0 Å². The SMILES string of the molecule is CC[Se]c1nc2ccccc2s1. The van der Waals surface area contributed by atoms with Crippen LogP contribution >= 0.6 is 11.3 Å². The molecule has 2 rings (SSSR count). The average molecular weight is 242 g/mol. The second-order valence-corrected chi connectivity index (χ2v) is 6.62. The van der Waals surface area contributed by atoms with Gasteiger partial charge in [0.05, 0.1) is 0 Å². The molecule has 0 radical (unpaired) electrons. The van der Waals surface area contributed by atoms with E-state index in [9.17, 15) is 0 Å². The van der Waals surface area contributed by atoms with Gasteiger partial charge in [-0.05, 0) is 0 Å². The van der Waals surface area contributed by atoms with Crippen molar-refractivity contribution in [2.24, 2.45) is 0 Å². The zero-order valence-corrected chi connectivity index (χ0v) is 9.31. The average Bonchev–Trinajstić information content (AvgIpc) is 2.47. The molecule has 1 nitrogen and oxygen atoms in total. The van der Waals surface area contributed by atoms with Gasteiger partial charge < -0.3 is 0 Å². The van der Waals surface area contributed by atoms with Crippen molar-refractivity contribution in [3.05, 3.63) is 24.3 Å². The van der Waals surface area contributed by atoms with E-state index in [4.69, 9.17) is 0 Å². The first-order valence-electron chi connectivity index (χ1n) is 3.88. The number of para-hydroxylation sites is 1. The number of hydrogen-bond acceptors (Lipinski definition) is 2. The van der Waals surface area contributed by atoms with Crippen LogP contribution in [0, 0.1) is 0 Å². The fourth-order valence-corrected chi connectivity index (χ4v) is 4.20. The zero-order valence-electron chi connectivity index (χ0n) is 6.78. The molecular weight excluding hydrogens is 233 g/mol. The topological polar surface area (TPSA) is 12.9 Å². The predicted octanol–water partition coefficient (Wildman–Crippen LogP) is 2.06. The third-order valence-corrected chi connectivity index (χ3v) is 4.83. The number of rotatable bonds is 2. The molecule has 0 amide bonds. The predicted molar refractivity (Wildman–Crippen MR) is 55.5 cm³/mol. The Morgan fingerprint density at radius 1 is 1.42 bits per heavy atom. The summed E-state index contributed by atoms with van der Waals surface area (Å²) in [7, 11) is 0. The van der Waals surface area contributed by atoms with Gasteiger partial charge >= 0.3 is 81.9 Å². The molecule has 0 saturated carbocycles. The first kappa shape index (κ1) is 8.24. The Bertz CT molecular complexity index is 350. The molecule has 0 aliphatic carbocycles. The summed E-state index contributed by atoms with van der Waals surface area (Å²) in [6, 6.07) is 8.34. The van der Waals surface area contributed by atoms with Gasteiger partial charge in [0.25, 0.3) is 0 Å². The number of hydrogen-bond donors (Lipinski definition) is 0. The molecule has 0 N–H and O–H groups in total. The first-order valence-corrected chi connectivity index (χ1v) is 6.77. The fourth-order valence-electron chi connectivity index (χ4n) is 1.04. The molecule has 62 valence electrons. The zero-order chi connectivity index (χ0) is 8.39. The molecule has 0 aliphatic heterocycles. The summed E-state index contributed by atoms with van der Waals surface area (Å²) in [5.41, 5.74) is 1.16. The molecule has 0 bridgehead atoms. The van der Waals surface area contributed by atoms with Crippen LogP contribution in [0.5, 0.6) is 0 Å². The van der Waals surface area contributed by atoms with Crippen molar-refractivity contribution in [1.82, 2.24) is 4.98 Å². The summed E-state index contributed by atoms with van der Waals surface area (Å²) in [5, 5.41) is 1.24. The van der Waals surface area contributed by atoms with Crippen molar-refractivity contribution in [1.29, 1.82) is 0 Å². The molecule has 1 heterocycles. The van der Waals surface area contributed by atoms with E-state index in [2.05, 4.69) is 30.1 Å². The molecular formula is C9H9NSSe. The fraction of sp³-hybridized carbons (Fsp3) is 0.222. The van der Waals surface area contributed by atoms with Gasteiger partial charge in [0.15, 0.2) is 0 Å². The van der Waals surface area contributed by atoms with Gasteiger partial charge in [-0.2, -0.15) is 0 Å². The Morgan fingerprint density at radius 2 is 2.25 bits per heavy atom. The van der Waals surface area contributed by atoms with Gasteiger partial charge in [-0.3, -0.25) is 0 Å². The van der Waals surface area contributed by atoms with E-state index >= 15 is 0 Å². The molecule has 0 saturated heterocycles. The number of nitrogens with zero attached hydrogens (tertiary/aromatic N) is 1. The van der Waals surface area contributed by atoms with Gasteiger partial charge in [-0.1, -0.05) is 0 Å². The summed E-state index contributed by atoms with van der Waals surface area (Å²) in [4.78, 5) is 4.55. The van der Waals surface area contributed by atoms with E-state index < -0.39 is 0 Å². The van der Waals surface area contributed by atoms with Crippen LogP contribution in [0.2, 0.25) is 5.32 Å². The number of fused-ring (bicyclic) bond motifs is 1. The molecule has 0 spiro atoms. The summed E-state index contributed by atoms with van der Waals surface area (Å²) in [6.07, 6.45) is 0. The number of benzene rings is 1. The van der Waals surface area contributed by atoms with Crippen molar-refractivity contribution in [2.45, 2.75) is 12.2 Å². The van der Waals surface area contributed by atoms with Crippen LogP contribution in [0.15, 0.2) is 24.3 Å². The molecule has 0 unspecified atom stereocenters. The maximum atomic E-state index is 4.55. The van der Waals surface area contributed by atoms with Gasteiger partial charge in [-0.15, -0.1) is 0 Å². The van der Waals surface area contributed by atoms with Crippen LogP contribution in [-0.2, 0) is 0 Å². The quantitative estimate of drug-likeness (QED) is 0.734. The minimum atomic E-state index is 0.587. The molecule has 0 fully saturated rings. The van der Waals surface area contributed by atoms with Crippen molar-refractivity contribution < 1.29 is 0 Å². The molecule has 0 aliphatic rings. The molecule has 3 heteroatoms. The Labute approximate surface area is 82.0 Å². The summed E-state index contributed by atoms with van der Waals surface area (Å²) < 4.78 is 2.65. The summed E-state index contributed by atoms with van der Waals surface area (Å²) in [5.74, 6) is 0. The van der Waals surface area contributed by atoms with Crippen molar-refractivity contribution in [3.63, 3.8) is 0 Å². The second kappa shape index (κ2) is 3.56. The Balaban J connectivity index is 2.47. The van der Waals surface area contributed by atoms with Crippen LogP contribution in [0.25, 0.3) is 10.2 Å². The third-order valence-electron chi connectivity index (χ3n) is 1.54. The Hall–Kier alpha value is -0.371. The van der Waals surface area contributed by atoms with Crippen molar-refractivity contribution >= 4 is 40.4 Å². The van der Waals surface area contributed by atoms with Crippen LogP contribution in [-0.4, -0.2) is 19.9 Å². The van der Waals surface area contributed by atoms with Gasteiger partial charge in [-0.25, -0.2) is 0 Å². The molecule has 2 aromatic rings. The molecule has 0 atom stereocenters. The monoisotopic (exact) mass is 243 g/mol. The minimum absolute atomic E-state index is 0.587. The van der Waals surface area contributed by atoms with Gasteiger partial charge in [0.2, 0.25) is 0 Å². The summed E-state index contributed by atoms with van der Waals surface area (Å²) in [6.45, 7) is 2.21. The van der Waals surface area contributed by atoms with Gasteiger partial charge in [0, 0.05) is 0 Å². The van der Waals surface area contributed by atoms with E-state index in [1.165, 1.54) is 13.9 Å². The van der Waals surface area contributed by atoms with E-state index in [-0.39, 0.29) is 0 Å². The van der Waals surface area contributed by atoms with E-state index in [0.717, 1.165) is 5.52 Å². The van der Waals surface area contributed by atoms with Crippen molar-refractivity contribution in [3.8, 4) is 0 Å². The molecule has 1 aromatic carbocycles. The van der Waals surface area contributed by atoms with Gasteiger partial charge in [0.1, 0.15) is 0 Å². The standard InChI is InChI=1S/C9H9NSSe/c1-2-12-9-10-7-5-3-4-6-8(7)11-9/h3-6H,2H2,1H3. The van der Waals surface area contributed by atoms with Crippen LogP contribution in [0.1, 0.15) is 6.92 Å². The number of thiazole rings is 1. The van der Waals surface area contributed by atoms with E-state index in [1.807, 2.05) is 17.4 Å².